The molecule has 0 N–H and O–H groups in total. The average molecular weight is 492 g/mol. The summed E-state index contributed by atoms with van der Waals surface area (Å²) in [5, 5.41) is 18.0. The van der Waals surface area contributed by atoms with Gasteiger partial charge in [0.1, 0.15) is 11.8 Å². The Balaban J connectivity index is 2.24. The van der Waals surface area contributed by atoms with Crippen LogP contribution in [0, 0.1) is 11.3 Å². The fourth-order valence-electron chi connectivity index (χ4n) is 3.07. The van der Waals surface area contributed by atoms with Gasteiger partial charge >= 0.3 is 18.3 Å². The van der Waals surface area contributed by atoms with Gasteiger partial charge in [0.15, 0.2) is 11.2 Å². The van der Waals surface area contributed by atoms with E-state index >= 15 is 0 Å². The number of rotatable bonds is 3. The maximum absolute atomic E-state index is 14.4. The van der Waals surface area contributed by atoms with Crippen LogP contribution in [-0.2, 0) is 11.7 Å². The molecular formula is C16H7Cl2F8N5. The molecule has 1 unspecified atom stereocenters. The van der Waals surface area contributed by atoms with Crippen molar-refractivity contribution in [2.45, 2.75) is 30.2 Å². The zero-order chi connectivity index (χ0) is 23.4. The third-order valence-electron chi connectivity index (χ3n) is 4.53. The van der Waals surface area contributed by atoms with E-state index in [2.05, 4.69) is 15.3 Å². The lowest BCUT2D eigenvalue weighted by Gasteiger charge is -2.33. The van der Waals surface area contributed by atoms with Gasteiger partial charge in [0.25, 0.3) is 0 Å². The summed E-state index contributed by atoms with van der Waals surface area (Å²) in [4.78, 5) is 0. The van der Waals surface area contributed by atoms with E-state index in [-0.39, 0.29) is 0 Å². The van der Waals surface area contributed by atoms with Crippen LogP contribution in [0.3, 0.4) is 0 Å². The second-order valence-electron chi connectivity index (χ2n) is 6.38. The minimum atomic E-state index is -6.05. The van der Waals surface area contributed by atoms with E-state index in [4.69, 9.17) is 23.2 Å². The van der Waals surface area contributed by atoms with Crippen LogP contribution >= 0.6 is 23.2 Å². The summed E-state index contributed by atoms with van der Waals surface area (Å²) < 4.78 is 108. The van der Waals surface area contributed by atoms with Gasteiger partial charge in [0.05, 0.1) is 22.2 Å². The third-order valence-corrected chi connectivity index (χ3v) is 5.11. The molecule has 0 fully saturated rings. The second kappa shape index (κ2) is 7.30. The highest BCUT2D eigenvalue weighted by molar-refractivity contribution is 6.37. The molecular weight excluding hydrogens is 485 g/mol. The summed E-state index contributed by atoms with van der Waals surface area (Å²) in [6.07, 6.45) is -11.2. The van der Waals surface area contributed by atoms with Gasteiger partial charge in [-0.3, -0.25) is 0 Å². The molecule has 0 radical (unpaired) electrons. The Morgan fingerprint density at radius 2 is 1.61 bits per heavy atom. The molecule has 2 heterocycles. The summed E-state index contributed by atoms with van der Waals surface area (Å²) in [5.74, 6) is -5.44. The maximum atomic E-state index is 14.4. The van der Waals surface area contributed by atoms with Gasteiger partial charge in [-0.1, -0.05) is 23.2 Å². The molecule has 5 nitrogen and oxygen atoms in total. The normalized spacial score (nSPS) is 19.6. The molecule has 1 aromatic heterocycles. The first kappa shape index (κ1) is 23.2. The number of aromatic nitrogens is 2. The van der Waals surface area contributed by atoms with Crippen molar-refractivity contribution in [2.24, 2.45) is 10.2 Å². The summed E-state index contributed by atoms with van der Waals surface area (Å²) in [5.41, 5.74) is -6.79. The maximum Gasteiger partial charge on any atom is 0.456 e. The number of nitriles is 1. The molecule has 0 amide bonds. The first-order valence-corrected chi connectivity index (χ1v) is 8.81. The van der Waals surface area contributed by atoms with E-state index in [1.165, 1.54) is 6.07 Å². The Morgan fingerprint density at radius 3 is 2.03 bits per heavy atom. The lowest BCUT2D eigenvalue weighted by molar-refractivity contribution is -0.309. The summed E-state index contributed by atoms with van der Waals surface area (Å²) in [6.45, 7) is -0.483. The number of benzene rings is 1. The first-order chi connectivity index (χ1) is 14.2. The minimum absolute atomic E-state index is 0.459. The molecule has 31 heavy (non-hydrogen) atoms. The van der Waals surface area contributed by atoms with Gasteiger partial charge in [-0.15, -0.1) is 0 Å². The molecule has 0 bridgehead atoms. The molecule has 1 aliphatic heterocycles. The average Bonchev–Trinajstić information content (AvgIpc) is 3.27. The summed E-state index contributed by atoms with van der Waals surface area (Å²) in [6, 6.07) is 2.31. The molecule has 1 aromatic carbocycles. The first-order valence-electron chi connectivity index (χ1n) is 8.06. The SMILES string of the molecule is N#Cc1nn(-c2c(Cl)cc(C(F)(F)F)cc2Cl)cc1C1(C(F)(F)C(F)(F)F)CCN=N1. The summed E-state index contributed by atoms with van der Waals surface area (Å²) >= 11 is 11.7. The molecule has 1 atom stereocenters. The highest BCUT2D eigenvalue weighted by Gasteiger charge is 2.73. The molecule has 0 saturated heterocycles. The van der Waals surface area contributed by atoms with Crippen LogP contribution in [-0.4, -0.2) is 28.4 Å². The highest BCUT2D eigenvalue weighted by Crippen LogP contribution is 2.55. The van der Waals surface area contributed by atoms with Crippen molar-refractivity contribution in [1.82, 2.24) is 9.78 Å². The molecule has 0 spiro atoms. The van der Waals surface area contributed by atoms with Crippen molar-refractivity contribution < 1.29 is 35.1 Å². The quantitative estimate of drug-likeness (QED) is 0.471. The van der Waals surface area contributed by atoms with E-state index in [1.807, 2.05) is 0 Å². The molecule has 2 aromatic rings. The van der Waals surface area contributed by atoms with Gasteiger partial charge < -0.3 is 0 Å². The van der Waals surface area contributed by atoms with Crippen molar-refractivity contribution in [3.8, 4) is 11.8 Å². The van der Waals surface area contributed by atoms with Crippen LogP contribution in [0.15, 0.2) is 28.6 Å². The van der Waals surface area contributed by atoms with E-state index < -0.39 is 69.3 Å². The van der Waals surface area contributed by atoms with Crippen LogP contribution < -0.4 is 0 Å². The molecule has 0 aliphatic carbocycles. The van der Waals surface area contributed by atoms with Crippen molar-refractivity contribution in [3.05, 3.63) is 45.2 Å². The standard InChI is InChI=1S/C16H7Cl2F8N5/c17-9-3-7(14(19,20)21)4-10(18)12(9)31-6-8(11(5-27)29-31)13(1-2-28-30-13)15(22,23)16(24,25)26/h3-4,6H,1-2H2. The van der Waals surface area contributed by atoms with Crippen LogP contribution in [0.5, 0.6) is 0 Å². The van der Waals surface area contributed by atoms with E-state index in [1.54, 1.807) is 0 Å². The van der Waals surface area contributed by atoms with Crippen molar-refractivity contribution >= 4 is 23.2 Å². The van der Waals surface area contributed by atoms with Crippen molar-refractivity contribution in [3.63, 3.8) is 0 Å². The van der Waals surface area contributed by atoms with Gasteiger partial charge in [0.2, 0.25) is 0 Å². The molecule has 0 saturated carbocycles. The van der Waals surface area contributed by atoms with Gasteiger partial charge in [-0.05, 0) is 12.1 Å². The Hall–Kier alpha value is -2.46. The van der Waals surface area contributed by atoms with Gasteiger partial charge in [-0.2, -0.15) is 55.7 Å². The number of azo groups is 1. The predicted molar refractivity (Wildman–Crippen MR) is 90.3 cm³/mol. The lowest BCUT2D eigenvalue weighted by atomic mass is 9.82. The predicted octanol–water partition coefficient (Wildman–Crippen LogP) is 6.32. The molecule has 15 heteroatoms. The second-order valence-corrected chi connectivity index (χ2v) is 7.20. The number of halogens is 10. The Morgan fingerprint density at radius 1 is 1.03 bits per heavy atom. The van der Waals surface area contributed by atoms with E-state index in [0.717, 1.165) is 0 Å². The van der Waals surface area contributed by atoms with Gasteiger partial charge in [-0.25, -0.2) is 4.68 Å². The van der Waals surface area contributed by atoms with E-state index in [9.17, 15) is 40.4 Å². The Bertz CT molecular complexity index is 1080. The molecule has 1 aliphatic rings. The van der Waals surface area contributed by atoms with Crippen LogP contribution in [0.2, 0.25) is 10.0 Å². The van der Waals surface area contributed by atoms with Crippen molar-refractivity contribution in [2.75, 3.05) is 6.54 Å². The highest BCUT2D eigenvalue weighted by atomic mass is 35.5. The largest absolute Gasteiger partial charge is 0.456 e. The third kappa shape index (κ3) is 3.61. The van der Waals surface area contributed by atoms with E-state index in [0.29, 0.717) is 23.0 Å². The monoisotopic (exact) mass is 491 g/mol. The zero-order valence-corrected chi connectivity index (χ0v) is 16.2. The van der Waals surface area contributed by atoms with Crippen molar-refractivity contribution in [1.29, 1.82) is 5.26 Å². The Kier molecular flexibility index (Phi) is 5.47. The number of alkyl halides is 8. The molecule has 3 rings (SSSR count). The summed E-state index contributed by atoms with van der Waals surface area (Å²) in [7, 11) is 0. The molecule has 166 valence electrons. The Labute approximate surface area is 177 Å². The smallest absolute Gasteiger partial charge is 0.236 e. The fourth-order valence-corrected chi connectivity index (χ4v) is 3.73. The van der Waals surface area contributed by atoms with Crippen LogP contribution in [0.1, 0.15) is 23.2 Å². The zero-order valence-electron chi connectivity index (χ0n) is 14.7. The van der Waals surface area contributed by atoms with Crippen LogP contribution in [0.4, 0.5) is 35.1 Å². The topological polar surface area (TPSA) is 66.3 Å². The fraction of sp³-hybridized carbons (Fsp3) is 0.375. The van der Waals surface area contributed by atoms with Gasteiger partial charge in [0, 0.05) is 18.2 Å². The van der Waals surface area contributed by atoms with Crippen LogP contribution in [0.25, 0.3) is 5.69 Å². The number of hydrogen-bond donors (Lipinski definition) is 0. The number of nitrogens with zero attached hydrogens (tertiary/aromatic N) is 5. The lowest BCUT2D eigenvalue weighted by Crippen LogP contribution is -2.53. The minimum Gasteiger partial charge on any atom is -0.236 e. The number of hydrogen-bond acceptors (Lipinski definition) is 4.